The zero-order chi connectivity index (χ0) is 16.0. The number of carbonyl (C=O) groups is 2. The van der Waals surface area contributed by atoms with E-state index in [1.165, 1.54) is 0 Å². The fraction of sp³-hybridized carbons (Fsp3) is 0.500. The number of hydrogen-bond acceptors (Lipinski definition) is 3. The number of H-pyrrole nitrogens is 1. The SMILES string of the molecule is O=C(O)C1Cc2nc[nH]c2CN1C(=O)C(F)(F)C(F)(F)F. The van der Waals surface area contributed by atoms with Crippen molar-refractivity contribution >= 4 is 11.9 Å². The van der Waals surface area contributed by atoms with Gasteiger partial charge in [-0.3, -0.25) is 4.79 Å². The first kappa shape index (κ1) is 15.2. The summed E-state index contributed by atoms with van der Waals surface area (Å²) in [5, 5.41) is 8.93. The van der Waals surface area contributed by atoms with Crippen LogP contribution in [-0.2, 0) is 22.6 Å². The van der Waals surface area contributed by atoms with E-state index in [-0.39, 0.29) is 16.3 Å². The lowest BCUT2D eigenvalue weighted by Gasteiger charge is -2.34. The minimum atomic E-state index is -6.10. The molecule has 2 rings (SSSR count). The zero-order valence-electron chi connectivity index (χ0n) is 10.1. The van der Waals surface area contributed by atoms with Gasteiger partial charge in [-0.2, -0.15) is 22.0 Å². The molecule has 1 aliphatic heterocycles. The van der Waals surface area contributed by atoms with E-state index >= 15 is 0 Å². The normalized spacial score (nSPS) is 19.3. The van der Waals surface area contributed by atoms with E-state index in [1.54, 1.807) is 0 Å². The molecule has 0 spiro atoms. The van der Waals surface area contributed by atoms with Gasteiger partial charge in [-0.25, -0.2) is 9.78 Å². The summed E-state index contributed by atoms with van der Waals surface area (Å²) in [5.41, 5.74) is 0.334. The van der Waals surface area contributed by atoms with Gasteiger partial charge in [-0.15, -0.1) is 0 Å². The number of alkyl halides is 5. The van der Waals surface area contributed by atoms with Crippen molar-refractivity contribution in [2.75, 3.05) is 0 Å². The molecule has 0 aliphatic carbocycles. The quantitative estimate of drug-likeness (QED) is 0.796. The number of aliphatic carboxylic acids is 1. The van der Waals surface area contributed by atoms with Crippen LogP contribution in [-0.4, -0.2) is 50.0 Å². The van der Waals surface area contributed by atoms with Gasteiger partial charge in [0, 0.05) is 6.42 Å². The van der Waals surface area contributed by atoms with Gasteiger partial charge >= 0.3 is 24.0 Å². The largest absolute Gasteiger partial charge is 0.480 e. The number of carbonyl (C=O) groups excluding carboxylic acids is 1. The lowest BCUT2D eigenvalue weighted by molar-refractivity contribution is -0.275. The third-order valence-electron chi connectivity index (χ3n) is 3.07. The van der Waals surface area contributed by atoms with Crippen LogP contribution >= 0.6 is 0 Å². The highest BCUT2D eigenvalue weighted by atomic mass is 19.4. The summed E-state index contributed by atoms with van der Waals surface area (Å²) in [4.78, 5) is 28.7. The number of carboxylic acids is 1. The average Bonchev–Trinajstić information content (AvgIpc) is 2.81. The molecule has 0 saturated heterocycles. The maximum atomic E-state index is 13.1. The Hall–Kier alpha value is -2.20. The number of aromatic nitrogens is 2. The summed E-state index contributed by atoms with van der Waals surface area (Å²) in [6.07, 6.45) is -5.41. The fourth-order valence-electron chi connectivity index (χ4n) is 1.97. The van der Waals surface area contributed by atoms with Crippen molar-refractivity contribution in [3.05, 3.63) is 17.7 Å². The van der Waals surface area contributed by atoms with Gasteiger partial charge in [0.2, 0.25) is 0 Å². The van der Waals surface area contributed by atoms with E-state index in [1.807, 2.05) is 0 Å². The maximum absolute atomic E-state index is 13.1. The Labute approximate surface area is 113 Å². The predicted octanol–water partition coefficient (Wildman–Crippen LogP) is 0.945. The van der Waals surface area contributed by atoms with E-state index in [2.05, 4.69) is 9.97 Å². The van der Waals surface area contributed by atoms with Crippen LogP contribution in [0.4, 0.5) is 22.0 Å². The minimum Gasteiger partial charge on any atom is -0.480 e. The van der Waals surface area contributed by atoms with Crippen molar-refractivity contribution in [1.82, 2.24) is 14.9 Å². The third-order valence-corrected chi connectivity index (χ3v) is 3.07. The molecule has 0 fully saturated rings. The molecule has 1 aromatic heterocycles. The van der Waals surface area contributed by atoms with Gasteiger partial charge in [0.15, 0.2) is 0 Å². The zero-order valence-corrected chi connectivity index (χ0v) is 10.1. The molecule has 0 aromatic carbocycles. The Kier molecular flexibility index (Phi) is 3.38. The van der Waals surface area contributed by atoms with Crippen LogP contribution in [0.1, 0.15) is 11.4 Å². The number of halogens is 5. The van der Waals surface area contributed by atoms with E-state index in [0.717, 1.165) is 6.33 Å². The van der Waals surface area contributed by atoms with Crippen molar-refractivity contribution in [3.8, 4) is 0 Å². The number of rotatable bonds is 2. The van der Waals surface area contributed by atoms with Crippen LogP contribution in [0.25, 0.3) is 0 Å². The second-order valence-corrected chi connectivity index (χ2v) is 4.39. The van der Waals surface area contributed by atoms with Crippen molar-refractivity contribution in [1.29, 1.82) is 0 Å². The monoisotopic (exact) mass is 313 g/mol. The molecule has 0 saturated carbocycles. The summed E-state index contributed by atoms with van der Waals surface area (Å²) >= 11 is 0. The van der Waals surface area contributed by atoms with Gasteiger partial charge in [-0.05, 0) is 0 Å². The van der Waals surface area contributed by atoms with Gasteiger partial charge in [0.05, 0.1) is 24.3 Å². The van der Waals surface area contributed by atoms with Crippen LogP contribution < -0.4 is 0 Å². The molecule has 11 heteroatoms. The summed E-state index contributed by atoms with van der Waals surface area (Å²) in [5.74, 6) is -9.93. The Balaban J connectivity index is 2.37. The Bertz CT molecular complexity index is 583. The van der Waals surface area contributed by atoms with Crippen LogP contribution in [0.3, 0.4) is 0 Å². The molecule has 6 nitrogen and oxygen atoms in total. The average molecular weight is 313 g/mol. The molecule has 1 aliphatic rings. The van der Waals surface area contributed by atoms with E-state index < -0.39 is 43.0 Å². The smallest absolute Gasteiger partial charge is 0.463 e. The molecule has 1 aromatic rings. The second kappa shape index (κ2) is 4.67. The summed E-state index contributed by atoms with van der Waals surface area (Å²) in [6, 6.07) is -1.83. The molecule has 1 atom stereocenters. The lowest BCUT2D eigenvalue weighted by Crippen LogP contribution is -2.58. The highest BCUT2D eigenvalue weighted by Gasteiger charge is 2.65. The van der Waals surface area contributed by atoms with Gasteiger partial charge in [0.1, 0.15) is 6.04 Å². The van der Waals surface area contributed by atoms with E-state index in [4.69, 9.17) is 5.11 Å². The number of fused-ring (bicyclic) bond motifs is 1. The van der Waals surface area contributed by atoms with Crippen molar-refractivity contribution in [2.45, 2.75) is 31.1 Å². The fourth-order valence-corrected chi connectivity index (χ4v) is 1.97. The summed E-state index contributed by atoms with van der Waals surface area (Å²) in [6.45, 7) is -0.712. The number of nitrogens with zero attached hydrogens (tertiary/aromatic N) is 2. The van der Waals surface area contributed by atoms with Gasteiger partial charge in [0.25, 0.3) is 0 Å². The topological polar surface area (TPSA) is 86.3 Å². The lowest BCUT2D eigenvalue weighted by atomic mass is 10.0. The first-order valence-electron chi connectivity index (χ1n) is 5.55. The van der Waals surface area contributed by atoms with Gasteiger partial charge < -0.3 is 15.0 Å². The summed E-state index contributed by atoms with van der Waals surface area (Å²) in [7, 11) is 0. The molecular formula is C10H8F5N3O3. The van der Waals surface area contributed by atoms with E-state index in [0.29, 0.717) is 0 Å². The predicted molar refractivity (Wildman–Crippen MR) is 55.3 cm³/mol. The van der Waals surface area contributed by atoms with Crippen LogP contribution in [0.15, 0.2) is 6.33 Å². The van der Waals surface area contributed by atoms with Gasteiger partial charge in [-0.1, -0.05) is 0 Å². The molecular weight excluding hydrogens is 305 g/mol. The third kappa shape index (κ3) is 2.43. The Morgan fingerprint density at radius 1 is 1.33 bits per heavy atom. The second-order valence-electron chi connectivity index (χ2n) is 4.39. The number of amides is 1. The Morgan fingerprint density at radius 2 is 1.95 bits per heavy atom. The number of aromatic amines is 1. The van der Waals surface area contributed by atoms with Crippen LogP contribution in [0.2, 0.25) is 0 Å². The molecule has 0 bridgehead atoms. The highest BCUT2D eigenvalue weighted by molar-refractivity contribution is 5.89. The number of imidazole rings is 1. The van der Waals surface area contributed by atoms with Crippen molar-refractivity contribution in [3.63, 3.8) is 0 Å². The molecule has 1 unspecified atom stereocenters. The molecule has 0 radical (unpaired) electrons. The highest BCUT2D eigenvalue weighted by Crippen LogP contribution is 2.38. The molecule has 21 heavy (non-hydrogen) atoms. The molecule has 2 heterocycles. The van der Waals surface area contributed by atoms with Crippen molar-refractivity contribution in [2.24, 2.45) is 0 Å². The molecule has 1 amide bonds. The number of carboxylic acid groups (broad SMARTS) is 1. The number of nitrogens with one attached hydrogen (secondary N) is 1. The number of hydrogen-bond donors (Lipinski definition) is 2. The van der Waals surface area contributed by atoms with E-state index in [9.17, 15) is 31.5 Å². The van der Waals surface area contributed by atoms with Crippen LogP contribution in [0.5, 0.6) is 0 Å². The first-order chi connectivity index (χ1) is 9.55. The summed E-state index contributed by atoms with van der Waals surface area (Å²) < 4.78 is 62.9. The minimum absolute atomic E-state index is 0.00363. The Morgan fingerprint density at radius 3 is 2.48 bits per heavy atom. The molecule has 116 valence electrons. The molecule has 2 N–H and O–H groups in total. The first-order valence-corrected chi connectivity index (χ1v) is 5.55. The maximum Gasteiger partial charge on any atom is 0.463 e. The standard InChI is InChI=1S/C10H8F5N3O3/c11-9(12,10(13,14)15)8(21)18-2-5-4(16-3-17-5)1-6(18)7(19)20/h3,6H,1-2H2,(H,16,17)(H,19,20). The van der Waals surface area contributed by atoms with Crippen molar-refractivity contribution < 1.29 is 36.6 Å². The van der Waals surface area contributed by atoms with Crippen LogP contribution in [0, 0.1) is 0 Å².